The molecule has 3 nitrogen and oxygen atoms in total. The van der Waals surface area contributed by atoms with E-state index in [0.29, 0.717) is 0 Å². The monoisotopic (exact) mass is 260 g/mol. The van der Waals surface area contributed by atoms with E-state index in [1.165, 1.54) is 11.1 Å². The van der Waals surface area contributed by atoms with E-state index >= 15 is 0 Å². The molecule has 1 heterocycles. The predicted molar refractivity (Wildman–Crippen MR) is 79.4 cm³/mol. The van der Waals surface area contributed by atoms with Crippen LogP contribution in [0.4, 0.5) is 5.69 Å². The van der Waals surface area contributed by atoms with E-state index in [0.717, 1.165) is 38.0 Å². The van der Waals surface area contributed by atoms with Gasteiger partial charge in [-0.25, -0.2) is 0 Å². The van der Waals surface area contributed by atoms with E-state index in [2.05, 4.69) is 37.5 Å². The maximum Gasteiger partial charge on any atom is 0.231 e. The summed E-state index contributed by atoms with van der Waals surface area (Å²) in [5, 5.41) is 6.46. The summed E-state index contributed by atoms with van der Waals surface area (Å²) in [5.74, 6) is 0.159. The molecular formula is C16H24N2O. The van der Waals surface area contributed by atoms with E-state index < -0.39 is 0 Å². The molecule has 0 radical (unpaired) electrons. The Balaban J connectivity index is 2.14. The fourth-order valence-electron chi connectivity index (χ4n) is 2.93. The topological polar surface area (TPSA) is 41.1 Å². The van der Waals surface area contributed by atoms with Crippen LogP contribution in [0.1, 0.15) is 37.3 Å². The molecule has 0 spiro atoms. The number of hydrogen-bond donors (Lipinski definition) is 2. The molecule has 3 heteroatoms. The van der Waals surface area contributed by atoms with Crippen LogP contribution in [-0.4, -0.2) is 19.0 Å². The highest BCUT2D eigenvalue weighted by atomic mass is 16.2. The van der Waals surface area contributed by atoms with Crippen molar-refractivity contribution in [1.82, 2.24) is 5.32 Å². The molecule has 1 aromatic carbocycles. The second-order valence-electron chi connectivity index (χ2n) is 5.74. The number of aryl methyl sites for hydroxylation is 2. The molecule has 0 bridgehead atoms. The fraction of sp³-hybridized carbons (Fsp3) is 0.562. The van der Waals surface area contributed by atoms with Crippen molar-refractivity contribution >= 4 is 11.6 Å². The van der Waals surface area contributed by atoms with Crippen molar-refractivity contribution in [3.63, 3.8) is 0 Å². The van der Waals surface area contributed by atoms with Crippen molar-refractivity contribution in [2.45, 2.75) is 40.0 Å². The standard InChI is InChI=1S/C16H24N2O/c1-4-16(6-5-7-17-11-16)15(19)18-14-9-12(2)8-13(3)10-14/h8-10,17H,4-7,11H2,1-3H3,(H,18,19). The third-order valence-electron chi connectivity index (χ3n) is 4.11. The molecule has 1 saturated heterocycles. The molecule has 1 amide bonds. The first kappa shape index (κ1) is 14.1. The van der Waals surface area contributed by atoms with Gasteiger partial charge in [-0.15, -0.1) is 0 Å². The maximum absolute atomic E-state index is 12.6. The summed E-state index contributed by atoms with van der Waals surface area (Å²) < 4.78 is 0. The SMILES string of the molecule is CCC1(C(=O)Nc2cc(C)cc(C)c2)CCCNC1. The summed E-state index contributed by atoms with van der Waals surface area (Å²) in [7, 11) is 0. The van der Waals surface area contributed by atoms with Gasteiger partial charge in [0.1, 0.15) is 0 Å². The molecule has 1 unspecified atom stereocenters. The smallest absolute Gasteiger partial charge is 0.231 e. The number of rotatable bonds is 3. The number of nitrogens with one attached hydrogen (secondary N) is 2. The van der Waals surface area contributed by atoms with Crippen molar-refractivity contribution in [3.8, 4) is 0 Å². The molecule has 0 aromatic heterocycles. The van der Waals surface area contributed by atoms with Crippen LogP contribution in [0.15, 0.2) is 18.2 Å². The molecule has 0 aliphatic carbocycles. The van der Waals surface area contributed by atoms with Crippen molar-refractivity contribution in [2.24, 2.45) is 5.41 Å². The Labute approximate surface area is 115 Å². The molecule has 104 valence electrons. The van der Waals surface area contributed by atoms with Crippen molar-refractivity contribution < 1.29 is 4.79 Å². The molecule has 1 fully saturated rings. The van der Waals surface area contributed by atoms with Gasteiger partial charge in [0.15, 0.2) is 0 Å². The average molecular weight is 260 g/mol. The molecular weight excluding hydrogens is 236 g/mol. The summed E-state index contributed by atoms with van der Waals surface area (Å²) in [6, 6.07) is 6.18. The molecule has 2 N–H and O–H groups in total. The van der Waals surface area contributed by atoms with Gasteiger partial charge in [-0.3, -0.25) is 4.79 Å². The lowest BCUT2D eigenvalue weighted by molar-refractivity contribution is -0.126. The molecule has 1 aromatic rings. The Hall–Kier alpha value is -1.35. The lowest BCUT2D eigenvalue weighted by atomic mass is 9.77. The number of piperidine rings is 1. The second-order valence-corrected chi connectivity index (χ2v) is 5.74. The minimum Gasteiger partial charge on any atom is -0.326 e. The first-order valence-electron chi connectivity index (χ1n) is 7.16. The predicted octanol–water partition coefficient (Wildman–Crippen LogP) is 3.02. The van der Waals surface area contributed by atoms with Crippen LogP contribution in [0.25, 0.3) is 0 Å². The van der Waals surface area contributed by atoms with Gasteiger partial charge in [0.05, 0.1) is 5.41 Å². The van der Waals surface area contributed by atoms with Crippen LogP contribution in [0.3, 0.4) is 0 Å². The van der Waals surface area contributed by atoms with E-state index in [4.69, 9.17) is 0 Å². The lowest BCUT2D eigenvalue weighted by Gasteiger charge is -2.35. The largest absolute Gasteiger partial charge is 0.326 e. The van der Waals surface area contributed by atoms with Gasteiger partial charge in [0.2, 0.25) is 5.91 Å². The number of carbonyl (C=O) groups is 1. The van der Waals surface area contributed by atoms with Crippen molar-refractivity contribution in [2.75, 3.05) is 18.4 Å². The minimum atomic E-state index is -0.240. The molecule has 1 aliphatic heterocycles. The van der Waals surface area contributed by atoms with Crippen LogP contribution < -0.4 is 10.6 Å². The molecule has 19 heavy (non-hydrogen) atoms. The molecule has 1 aliphatic rings. The van der Waals surface area contributed by atoms with Gasteiger partial charge >= 0.3 is 0 Å². The highest BCUT2D eigenvalue weighted by molar-refractivity contribution is 5.95. The molecule has 0 saturated carbocycles. The van der Waals surface area contributed by atoms with Gasteiger partial charge in [0.25, 0.3) is 0 Å². The number of amides is 1. The van der Waals surface area contributed by atoms with Gasteiger partial charge in [0, 0.05) is 12.2 Å². The van der Waals surface area contributed by atoms with Crippen molar-refractivity contribution in [1.29, 1.82) is 0 Å². The Kier molecular flexibility index (Phi) is 4.25. The van der Waals surface area contributed by atoms with E-state index in [9.17, 15) is 4.79 Å². The quantitative estimate of drug-likeness (QED) is 0.877. The number of anilines is 1. The first-order valence-corrected chi connectivity index (χ1v) is 7.16. The zero-order valence-electron chi connectivity index (χ0n) is 12.2. The van der Waals surface area contributed by atoms with Crippen LogP contribution in [-0.2, 0) is 4.79 Å². The zero-order valence-corrected chi connectivity index (χ0v) is 12.2. The maximum atomic E-state index is 12.6. The van der Waals surface area contributed by atoms with Gasteiger partial charge in [-0.1, -0.05) is 13.0 Å². The Morgan fingerprint density at radius 1 is 1.32 bits per heavy atom. The average Bonchev–Trinajstić information content (AvgIpc) is 2.38. The van der Waals surface area contributed by atoms with Crippen LogP contribution >= 0.6 is 0 Å². The summed E-state index contributed by atoms with van der Waals surface area (Å²) in [4.78, 5) is 12.6. The van der Waals surface area contributed by atoms with Crippen LogP contribution in [0.5, 0.6) is 0 Å². The number of benzene rings is 1. The third kappa shape index (κ3) is 3.16. The first-order chi connectivity index (χ1) is 9.05. The lowest BCUT2D eigenvalue weighted by Crippen LogP contribution is -2.47. The van der Waals surface area contributed by atoms with Gasteiger partial charge in [-0.2, -0.15) is 0 Å². The Morgan fingerprint density at radius 2 is 2.00 bits per heavy atom. The summed E-state index contributed by atoms with van der Waals surface area (Å²) >= 11 is 0. The second kappa shape index (κ2) is 5.74. The highest BCUT2D eigenvalue weighted by Crippen LogP contribution is 2.31. The van der Waals surface area contributed by atoms with Crippen LogP contribution in [0.2, 0.25) is 0 Å². The normalized spacial score (nSPS) is 23.1. The Morgan fingerprint density at radius 3 is 2.53 bits per heavy atom. The van der Waals surface area contributed by atoms with Gasteiger partial charge in [-0.05, 0) is 62.9 Å². The highest BCUT2D eigenvalue weighted by Gasteiger charge is 2.37. The third-order valence-corrected chi connectivity index (χ3v) is 4.11. The Bertz CT molecular complexity index is 442. The summed E-state index contributed by atoms with van der Waals surface area (Å²) in [6.07, 6.45) is 2.94. The minimum absolute atomic E-state index is 0.159. The summed E-state index contributed by atoms with van der Waals surface area (Å²) in [5.41, 5.74) is 3.04. The zero-order chi connectivity index (χ0) is 13.9. The van der Waals surface area contributed by atoms with Crippen LogP contribution in [0, 0.1) is 19.3 Å². The molecule has 2 rings (SSSR count). The van der Waals surface area contributed by atoms with E-state index in [1.807, 2.05) is 12.1 Å². The van der Waals surface area contributed by atoms with Gasteiger partial charge < -0.3 is 10.6 Å². The van der Waals surface area contributed by atoms with E-state index in [1.54, 1.807) is 0 Å². The van der Waals surface area contributed by atoms with Crippen molar-refractivity contribution in [3.05, 3.63) is 29.3 Å². The fourth-order valence-corrected chi connectivity index (χ4v) is 2.93. The summed E-state index contributed by atoms with van der Waals surface area (Å²) in [6.45, 7) is 8.04. The number of carbonyl (C=O) groups excluding carboxylic acids is 1. The molecule has 1 atom stereocenters. The number of hydrogen-bond acceptors (Lipinski definition) is 2. The van der Waals surface area contributed by atoms with E-state index in [-0.39, 0.29) is 11.3 Å².